The zero-order valence-corrected chi connectivity index (χ0v) is 10.6. The lowest BCUT2D eigenvalue weighted by atomic mass is 10.3. The van der Waals surface area contributed by atoms with E-state index in [4.69, 9.17) is 14.6 Å². The van der Waals surface area contributed by atoms with Crippen molar-refractivity contribution in [3.8, 4) is 0 Å². The van der Waals surface area contributed by atoms with Gasteiger partial charge in [-0.15, -0.1) is 0 Å². The number of carbonyl (C=O) groups is 2. The third kappa shape index (κ3) is 13.1. The molecule has 0 radical (unpaired) electrons. The van der Waals surface area contributed by atoms with Crippen LogP contribution in [0.1, 0.15) is 12.8 Å². The first kappa shape index (κ1) is 16.2. The number of carboxylic acid groups (broad SMARTS) is 1. The van der Waals surface area contributed by atoms with E-state index in [9.17, 15) is 9.59 Å². The zero-order chi connectivity index (χ0) is 12.9. The first-order valence-electron chi connectivity index (χ1n) is 5.41. The molecule has 0 heterocycles. The average Bonchev–Trinajstić information content (AvgIpc) is 2.30. The minimum Gasteiger partial charge on any atom is -0.481 e. The van der Waals surface area contributed by atoms with Gasteiger partial charge in [-0.05, 0) is 6.42 Å². The Morgan fingerprint density at radius 1 is 1.12 bits per heavy atom. The fourth-order valence-corrected chi connectivity index (χ4v) is 1.08. The molecule has 0 atom stereocenters. The molecule has 7 heteroatoms. The second-order valence-electron chi connectivity index (χ2n) is 3.23. The molecule has 0 unspecified atom stereocenters. The van der Waals surface area contributed by atoms with Gasteiger partial charge in [0, 0.05) is 19.6 Å². The van der Waals surface area contributed by atoms with E-state index in [-0.39, 0.29) is 18.1 Å². The highest BCUT2D eigenvalue weighted by Gasteiger charge is 1.97. The van der Waals surface area contributed by atoms with Crippen molar-refractivity contribution < 1.29 is 24.2 Å². The van der Waals surface area contributed by atoms with E-state index in [1.54, 1.807) is 0 Å². The Labute approximate surface area is 106 Å². The average molecular weight is 265 g/mol. The Morgan fingerprint density at radius 2 is 1.76 bits per heavy atom. The molecule has 1 amide bonds. The molecule has 100 valence electrons. The summed E-state index contributed by atoms with van der Waals surface area (Å²) in [4.78, 5) is 20.9. The van der Waals surface area contributed by atoms with Crippen molar-refractivity contribution >= 4 is 24.5 Å². The number of hydrogen-bond acceptors (Lipinski definition) is 5. The molecule has 0 aliphatic carbocycles. The topological polar surface area (TPSA) is 84.9 Å². The minimum atomic E-state index is -0.815. The maximum Gasteiger partial charge on any atom is 0.303 e. The van der Waals surface area contributed by atoms with Crippen LogP contribution in [0.4, 0.5) is 0 Å². The van der Waals surface area contributed by atoms with Gasteiger partial charge in [0.05, 0.1) is 25.6 Å². The van der Waals surface area contributed by atoms with Crippen molar-refractivity contribution in [3.05, 3.63) is 0 Å². The first-order valence-corrected chi connectivity index (χ1v) is 6.05. The number of rotatable bonds is 11. The second kappa shape index (κ2) is 11.7. The van der Waals surface area contributed by atoms with Crippen LogP contribution < -0.4 is 5.32 Å². The molecule has 0 fully saturated rings. The molecule has 17 heavy (non-hydrogen) atoms. The van der Waals surface area contributed by atoms with Gasteiger partial charge in [0.2, 0.25) is 5.91 Å². The Kier molecular flexibility index (Phi) is 11.1. The summed E-state index contributed by atoms with van der Waals surface area (Å²) in [6, 6.07) is 0. The summed E-state index contributed by atoms with van der Waals surface area (Å²) in [7, 11) is 0. The molecule has 0 rings (SSSR count). The Hall–Kier alpha value is -0.790. The lowest BCUT2D eigenvalue weighted by Gasteiger charge is -2.06. The fourth-order valence-electron chi connectivity index (χ4n) is 0.966. The van der Waals surface area contributed by atoms with Crippen molar-refractivity contribution in [3.63, 3.8) is 0 Å². The second-order valence-corrected chi connectivity index (χ2v) is 3.55. The highest BCUT2D eigenvalue weighted by atomic mass is 32.1. The van der Waals surface area contributed by atoms with Crippen molar-refractivity contribution in [2.24, 2.45) is 0 Å². The summed E-state index contributed by atoms with van der Waals surface area (Å²) in [6.45, 7) is 2.17. The van der Waals surface area contributed by atoms with Crippen LogP contribution in [-0.4, -0.2) is 55.7 Å². The SMILES string of the molecule is O=C(O)CCCOCCOCCNC(=O)CS. The molecule has 0 aliphatic heterocycles. The molecule has 0 bridgehead atoms. The van der Waals surface area contributed by atoms with Gasteiger partial charge in [0.25, 0.3) is 0 Å². The maximum atomic E-state index is 10.8. The molecule has 2 N–H and O–H groups in total. The maximum absolute atomic E-state index is 10.8. The number of carbonyl (C=O) groups excluding carboxylic acids is 1. The summed E-state index contributed by atoms with van der Waals surface area (Å²) in [6.07, 6.45) is 0.629. The largest absolute Gasteiger partial charge is 0.481 e. The summed E-state index contributed by atoms with van der Waals surface area (Å²) < 4.78 is 10.3. The van der Waals surface area contributed by atoms with Crippen LogP contribution in [0.2, 0.25) is 0 Å². The third-order valence-electron chi connectivity index (χ3n) is 1.76. The minimum absolute atomic E-state index is 0.122. The number of thiol groups is 1. The smallest absolute Gasteiger partial charge is 0.303 e. The van der Waals surface area contributed by atoms with Gasteiger partial charge < -0.3 is 19.9 Å². The van der Waals surface area contributed by atoms with Crippen molar-refractivity contribution in [1.29, 1.82) is 0 Å². The van der Waals surface area contributed by atoms with Crippen LogP contribution >= 0.6 is 12.6 Å². The van der Waals surface area contributed by atoms with Gasteiger partial charge in [-0.3, -0.25) is 9.59 Å². The summed E-state index contributed by atoms with van der Waals surface area (Å²) in [5.74, 6) is -0.765. The number of hydrogen-bond donors (Lipinski definition) is 3. The highest BCUT2D eigenvalue weighted by Crippen LogP contribution is 1.89. The number of aliphatic carboxylic acids is 1. The third-order valence-corrected chi connectivity index (χ3v) is 2.05. The van der Waals surface area contributed by atoms with Gasteiger partial charge in [-0.1, -0.05) is 0 Å². The zero-order valence-electron chi connectivity index (χ0n) is 9.68. The van der Waals surface area contributed by atoms with Crippen molar-refractivity contribution in [2.45, 2.75) is 12.8 Å². The van der Waals surface area contributed by atoms with E-state index in [0.29, 0.717) is 39.4 Å². The van der Waals surface area contributed by atoms with Crippen LogP contribution in [-0.2, 0) is 19.1 Å². The summed E-state index contributed by atoms with van der Waals surface area (Å²) in [5, 5.41) is 11.0. The number of carboxylic acids is 1. The lowest BCUT2D eigenvalue weighted by Crippen LogP contribution is -2.28. The molecule has 0 saturated heterocycles. The van der Waals surface area contributed by atoms with E-state index in [2.05, 4.69) is 17.9 Å². The van der Waals surface area contributed by atoms with Gasteiger partial charge in [-0.2, -0.15) is 12.6 Å². The number of ether oxygens (including phenoxy) is 2. The van der Waals surface area contributed by atoms with Gasteiger partial charge >= 0.3 is 5.97 Å². The van der Waals surface area contributed by atoms with Gasteiger partial charge in [-0.25, -0.2) is 0 Å². The van der Waals surface area contributed by atoms with E-state index < -0.39 is 5.97 Å². The van der Waals surface area contributed by atoms with Crippen LogP contribution in [0.25, 0.3) is 0 Å². The van der Waals surface area contributed by atoms with E-state index >= 15 is 0 Å². The molecule has 0 aromatic heterocycles. The molecule has 0 saturated carbocycles. The number of nitrogens with one attached hydrogen (secondary N) is 1. The van der Waals surface area contributed by atoms with Crippen molar-refractivity contribution in [2.75, 3.05) is 38.7 Å². The molecule has 0 aliphatic rings. The molecule has 0 spiro atoms. The van der Waals surface area contributed by atoms with Crippen LogP contribution in [0.15, 0.2) is 0 Å². The van der Waals surface area contributed by atoms with Gasteiger partial charge in [0.1, 0.15) is 0 Å². The normalized spacial score (nSPS) is 10.2. The summed E-state index contributed by atoms with van der Waals surface area (Å²) >= 11 is 3.81. The molecule has 0 aromatic carbocycles. The first-order chi connectivity index (χ1) is 8.16. The lowest BCUT2D eigenvalue weighted by molar-refractivity contribution is -0.137. The monoisotopic (exact) mass is 265 g/mol. The summed E-state index contributed by atoms with van der Waals surface area (Å²) in [5.41, 5.74) is 0. The van der Waals surface area contributed by atoms with Gasteiger partial charge in [0.15, 0.2) is 0 Å². The molecular weight excluding hydrogens is 246 g/mol. The quantitative estimate of drug-likeness (QED) is 0.360. The van der Waals surface area contributed by atoms with Crippen molar-refractivity contribution in [1.82, 2.24) is 5.32 Å². The van der Waals surface area contributed by atoms with Crippen LogP contribution in [0.3, 0.4) is 0 Å². The Morgan fingerprint density at radius 3 is 2.35 bits per heavy atom. The Bertz CT molecular complexity index is 225. The predicted octanol–water partition coefficient (Wildman–Crippen LogP) is -0.0696. The Balaban J connectivity index is 3.03. The number of amides is 1. The van der Waals surface area contributed by atoms with E-state index in [0.717, 1.165) is 0 Å². The van der Waals surface area contributed by atoms with E-state index in [1.807, 2.05) is 0 Å². The standard InChI is InChI=1S/C10H19NO5S/c12-9(8-17)11-3-5-16-7-6-15-4-1-2-10(13)14/h17H,1-8H2,(H,11,12)(H,13,14). The predicted molar refractivity (Wildman–Crippen MR) is 65.4 cm³/mol. The molecular formula is C10H19NO5S. The van der Waals surface area contributed by atoms with E-state index in [1.165, 1.54) is 0 Å². The molecule has 0 aromatic rings. The van der Waals surface area contributed by atoms with Crippen LogP contribution in [0.5, 0.6) is 0 Å². The fraction of sp³-hybridized carbons (Fsp3) is 0.800. The highest BCUT2D eigenvalue weighted by molar-refractivity contribution is 7.81. The molecule has 6 nitrogen and oxygen atoms in total. The van der Waals surface area contributed by atoms with Crippen LogP contribution in [0, 0.1) is 0 Å².